The van der Waals surface area contributed by atoms with E-state index >= 15 is 0 Å². The van der Waals surface area contributed by atoms with E-state index in [4.69, 9.17) is 35.8 Å². The van der Waals surface area contributed by atoms with Gasteiger partial charge in [0.2, 0.25) is 12.2 Å². The van der Waals surface area contributed by atoms with Gasteiger partial charge in [-0.15, -0.1) is 16.3 Å². The van der Waals surface area contributed by atoms with Crippen molar-refractivity contribution in [3.05, 3.63) is 120 Å². The molecule has 0 unspecified atom stereocenters. The molecule has 440 valence electrons. The molecule has 35 heteroatoms. The van der Waals surface area contributed by atoms with E-state index in [2.05, 4.69) is 67.0 Å². The second-order valence-electron chi connectivity index (χ2n) is 16.2. The van der Waals surface area contributed by atoms with Crippen molar-refractivity contribution < 1.29 is 27.1 Å². The number of aromatic nitrogens is 3. The maximum atomic E-state index is 10.7. The summed E-state index contributed by atoms with van der Waals surface area (Å²) in [5, 5.41) is 70.5. The van der Waals surface area contributed by atoms with Crippen LogP contribution in [0, 0.1) is 49.4 Å². The summed E-state index contributed by atoms with van der Waals surface area (Å²) in [7, 11) is 9.16. The number of nitrogens with zero attached hydrogens (tertiary/aromatic N) is 8. The fraction of sp³-hybridized carbons (Fsp3) is 0.500. The fourth-order valence-corrected chi connectivity index (χ4v) is 10.1. The van der Waals surface area contributed by atoms with Gasteiger partial charge in [-0.1, -0.05) is 0 Å². The van der Waals surface area contributed by atoms with Gasteiger partial charge in [-0.25, -0.2) is 15.1 Å². The van der Waals surface area contributed by atoms with Gasteiger partial charge in [0, 0.05) is 92.8 Å². The molecule has 4 aromatic rings. The molecule has 4 heterocycles. The molecular weight excluding hydrogens is 1140 g/mol. The van der Waals surface area contributed by atoms with Crippen LogP contribution in [0.1, 0.15) is 46.5 Å². The molecule has 0 spiro atoms. The summed E-state index contributed by atoms with van der Waals surface area (Å²) >= 11 is 8.07. The van der Waals surface area contributed by atoms with Gasteiger partial charge in [0.1, 0.15) is 28.9 Å². The number of nitrogens with one attached hydrogen (secondary N) is 11. The minimum atomic E-state index is -3.86. The van der Waals surface area contributed by atoms with Gasteiger partial charge in [-0.2, -0.15) is 60.7 Å². The molecule has 0 aromatic carbocycles. The maximum absolute atomic E-state index is 10.7. The van der Waals surface area contributed by atoms with Crippen LogP contribution in [0.2, 0.25) is 0 Å². The first-order valence-corrected chi connectivity index (χ1v) is 30.7. The summed E-state index contributed by atoms with van der Waals surface area (Å²) in [6.45, 7) is 5.66. The molecule has 15 N–H and O–H groups in total. The topological polar surface area (TPSA) is 427 Å². The van der Waals surface area contributed by atoms with Gasteiger partial charge in [0.15, 0.2) is 22.7 Å². The number of aliphatic imine (C=N–C) groups is 1. The van der Waals surface area contributed by atoms with Gasteiger partial charge in [0.05, 0.1) is 52.2 Å². The Hall–Kier alpha value is -6.39. The molecule has 4 aromatic heterocycles. The Kier molecular flexibility index (Phi) is 37.2. The average molecular weight is 1220 g/mol. The van der Waals surface area contributed by atoms with Crippen LogP contribution in [0.5, 0.6) is 0 Å². The largest absolute Gasteiger partial charge is 0.464 e. The van der Waals surface area contributed by atoms with Crippen molar-refractivity contribution in [2.24, 2.45) is 15.9 Å². The molecule has 0 bridgehead atoms. The van der Waals surface area contributed by atoms with Crippen LogP contribution < -0.4 is 52.8 Å². The summed E-state index contributed by atoms with van der Waals surface area (Å²) in [6, 6.07) is 7.97. The zero-order chi connectivity index (χ0) is 59.0. The third kappa shape index (κ3) is 38.0. The first-order chi connectivity index (χ1) is 37.5. The van der Waals surface area contributed by atoms with Crippen molar-refractivity contribution in [1.82, 2.24) is 61.4 Å². The van der Waals surface area contributed by atoms with E-state index in [0.29, 0.717) is 47.3 Å². The van der Waals surface area contributed by atoms with Crippen LogP contribution in [0.15, 0.2) is 73.8 Å². The Balaban J connectivity index is 0.000000528. The van der Waals surface area contributed by atoms with Crippen molar-refractivity contribution >= 4 is 91.5 Å². The normalized spacial score (nSPS) is 11.4. The van der Waals surface area contributed by atoms with Gasteiger partial charge in [0.25, 0.3) is 22.6 Å². The number of thiazole rings is 1. The predicted octanol–water partition coefficient (Wildman–Crippen LogP) is 3.36. The molecule has 0 aliphatic rings. The predicted molar refractivity (Wildman–Crippen MR) is 321 cm³/mol. The number of aromatic amines is 1. The third-order valence-electron chi connectivity index (χ3n) is 8.91. The lowest BCUT2D eigenvalue weighted by Gasteiger charge is -2.07. The Bertz CT molecular complexity index is 2560. The van der Waals surface area contributed by atoms with Crippen molar-refractivity contribution in [3.63, 3.8) is 0 Å². The number of H-pyrrole nitrogens is 1. The summed E-state index contributed by atoms with van der Waals surface area (Å²) in [5.74, 6) is 11.1. The zero-order valence-electron chi connectivity index (χ0n) is 45.5. The monoisotopic (exact) mass is 1220 g/mol. The second kappa shape index (κ2) is 41.6. The Morgan fingerprint density at radius 1 is 0.823 bits per heavy atom. The summed E-state index contributed by atoms with van der Waals surface area (Å²) in [6.07, 6.45) is 5.55. The highest BCUT2D eigenvalue weighted by molar-refractivity contribution is 7.99. The van der Waals surface area contributed by atoms with Crippen molar-refractivity contribution in [2.75, 3.05) is 97.3 Å². The number of hydrogen-bond acceptors (Lipinski definition) is 25. The number of thioether (sulfide) groups is 4. The number of anilines is 1. The van der Waals surface area contributed by atoms with E-state index in [1.165, 1.54) is 23.1 Å². The number of nitrogens with two attached hydrogens (primary N) is 2. The summed E-state index contributed by atoms with van der Waals surface area (Å²) < 4.78 is 34.6. The molecule has 0 saturated carbocycles. The third-order valence-corrected chi connectivity index (χ3v) is 14.2. The van der Waals surface area contributed by atoms with Crippen molar-refractivity contribution in [2.45, 2.75) is 49.4 Å². The van der Waals surface area contributed by atoms with E-state index in [-0.39, 0.29) is 18.2 Å². The van der Waals surface area contributed by atoms with Crippen molar-refractivity contribution in [1.29, 1.82) is 16.1 Å². The van der Waals surface area contributed by atoms with E-state index in [9.17, 15) is 28.6 Å². The number of guanidine groups is 2. The van der Waals surface area contributed by atoms with E-state index in [1.54, 1.807) is 68.9 Å². The van der Waals surface area contributed by atoms with Gasteiger partial charge in [-0.05, 0) is 59.4 Å². The number of nitriles is 1. The molecule has 0 saturated heterocycles. The van der Waals surface area contributed by atoms with E-state index < -0.39 is 20.1 Å². The summed E-state index contributed by atoms with van der Waals surface area (Å²) in [5.41, 5.74) is 8.22. The molecule has 0 aliphatic heterocycles. The Morgan fingerprint density at radius 3 is 1.75 bits per heavy atom. The molecule has 4 rings (SSSR count). The molecule has 0 amide bonds. The zero-order valence-corrected chi connectivity index (χ0v) is 50.4. The van der Waals surface area contributed by atoms with Gasteiger partial charge < -0.3 is 66.6 Å². The van der Waals surface area contributed by atoms with Crippen LogP contribution >= 0.6 is 58.4 Å². The van der Waals surface area contributed by atoms with Gasteiger partial charge >= 0.3 is 0 Å². The number of rotatable bonds is 32. The first kappa shape index (κ1) is 70.6. The Morgan fingerprint density at radius 2 is 1.32 bits per heavy atom. The lowest BCUT2D eigenvalue weighted by atomic mass is 10.4. The maximum Gasteiger partial charge on any atom is 0.297 e. The van der Waals surface area contributed by atoms with Crippen LogP contribution in [-0.2, 0) is 46.3 Å². The van der Waals surface area contributed by atoms with Crippen LogP contribution in [0.4, 0.5) is 5.13 Å². The number of aryl methyl sites for hydroxylation is 1. The molecule has 0 fully saturated rings. The molecule has 29 nitrogen and oxygen atoms in total. The molecule has 0 radical (unpaired) electrons. The highest BCUT2D eigenvalue weighted by atomic mass is 32.2. The lowest BCUT2D eigenvalue weighted by molar-refractivity contribution is -0.404. The quantitative estimate of drug-likeness (QED) is 0.00832. The van der Waals surface area contributed by atoms with Crippen LogP contribution in [0.25, 0.3) is 0 Å². The van der Waals surface area contributed by atoms with Crippen LogP contribution in [0.3, 0.4) is 0 Å². The smallest absolute Gasteiger partial charge is 0.297 e. The number of hydrogen-bond donors (Lipinski definition) is 13. The highest BCUT2D eigenvalue weighted by Crippen LogP contribution is 2.20. The first-order valence-electron chi connectivity index (χ1n) is 23.7. The van der Waals surface area contributed by atoms with E-state index in [0.717, 1.165) is 107 Å². The van der Waals surface area contributed by atoms with Crippen LogP contribution in [-0.4, -0.2) is 153 Å². The van der Waals surface area contributed by atoms with E-state index in [1.807, 2.05) is 69.5 Å². The molecular formula is C44H75N21O8S6. The van der Waals surface area contributed by atoms with Crippen molar-refractivity contribution in [3.8, 4) is 6.19 Å². The minimum absolute atomic E-state index is 0.141. The number of amidine groups is 1. The Labute approximate surface area is 482 Å². The summed E-state index contributed by atoms with van der Waals surface area (Å²) in [4.78, 5) is 38.9. The standard InChI is InChI=1S/2C13H22N4O3S.C10H16N6S.C8H15N7O2S3/c2*1-14-13(9-17(18)19)15-6-7-21-10-12-5-4-11(20-12)8-16(2)3;1-8-9(16-7-15-8)5-17-4-3-13-10(12-2)14-6-11;9-6(15-20(12,16)17)1-2-18-3-5-4-19-8(13-5)14-7(10)11/h2*4-5,9,14-15H,6-8,10H2,1-3H3;7H,3-5H2,1-2H3,(H,15,16)(H2,12,13,14);4H,1-3H2,(H2,9,15)(H2,12,16,17)(H4,10,11,13,14)/b2*13-9-;;. The van der Waals surface area contributed by atoms with Gasteiger partial charge in [-0.3, -0.25) is 35.8 Å². The number of imidazole rings is 1. The number of furan rings is 2. The second-order valence-corrected chi connectivity index (χ2v) is 22.8. The number of nitro groups is 2. The minimum Gasteiger partial charge on any atom is -0.464 e. The lowest BCUT2D eigenvalue weighted by Crippen LogP contribution is -2.35. The molecule has 0 aliphatic carbocycles. The molecule has 79 heavy (non-hydrogen) atoms. The highest BCUT2D eigenvalue weighted by Gasteiger charge is 2.09. The SMILES string of the molecule is CN/C(=C/[N+](=O)[O-])NCCSCc1ccc(CN(C)C)o1.CN/C(=C/[N+](=O)[O-])NCCSCc1ccc(CN(C)C)o1.CN/C(=N/C#N)NCCSCc1nc[nH]c1C.N=C(N)Nc1nc(CSCCC(=N)NS(N)(=O)=O)cs1. The molecule has 0 atom stereocenters. The fourth-order valence-electron chi connectivity index (χ4n) is 5.56. The average Bonchev–Trinajstić information content (AvgIpc) is 4.21.